The van der Waals surface area contributed by atoms with Gasteiger partial charge in [0.05, 0.1) is 17.8 Å². The molecular weight excluding hydrogens is 304 g/mol. The third-order valence-corrected chi connectivity index (χ3v) is 4.21. The Hall–Kier alpha value is -1.34. The summed E-state index contributed by atoms with van der Waals surface area (Å²) in [6.07, 6.45) is -6.17. The summed E-state index contributed by atoms with van der Waals surface area (Å²) in [6.45, 7) is 0. The van der Waals surface area contributed by atoms with Gasteiger partial charge in [-0.2, -0.15) is 17.6 Å². The molecule has 2 saturated heterocycles. The van der Waals surface area contributed by atoms with Gasteiger partial charge in [-0.25, -0.2) is 0 Å². The molecular formula is C15H16F4O3. The molecule has 122 valence electrons. The number of aliphatic hydroxyl groups is 1. The standard InChI is InChI=1S/C15H16F4O3/c16-13(17)15(18,19)22-10-3-1-2-9(6-10)14(20)7-11-4-5-12(8-14)21-11/h1-3,6,11-13,20H,4-5,7-8H2. The van der Waals surface area contributed by atoms with Crippen LogP contribution in [0.4, 0.5) is 17.6 Å². The minimum atomic E-state index is -4.56. The summed E-state index contributed by atoms with van der Waals surface area (Å²) in [5.41, 5.74) is -0.820. The van der Waals surface area contributed by atoms with Gasteiger partial charge in [0.15, 0.2) is 0 Å². The summed E-state index contributed by atoms with van der Waals surface area (Å²) in [5, 5.41) is 10.8. The summed E-state index contributed by atoms with van der Waals surface area (Å²) in [7, 11) is 0. The lowest BCUT2D eigenvalue weighted by Crippen LogP contribution is -2.38. The zero-order valence-electron chi connectivity index (χ0n) is 11.6. The van der Waals surface area contributed by atoms with Crippen LogP contribution in [0.5, 0.6) is 5.75 Å². The van der Waals surface area contributed by atoms with Crippen molar-refractivity contribution in [3.8, 4) is 5.75 Å². The Bertz CT molecular complexity index is 537. The number of benzene rings is 1. The van der Waals surface area contributed by atoms with Crippen molar-refractivity contribution in [3.63, 3.8) is 0 Å². The van der Waals surface area contributed by atoms with Crippen LogP contribution in [-0.2, 0) is 10.3 Å². The quantitative estimate of drug-likeness (QED) is 0.864. The molecule has 1 aromatic carbocycles. The molecule has 0 spiro atoms. The lowest BCUT2D eigenvalue weighted by molar-refractivity contribution is -0.253. The molecule has 2 atom stereocenters. The Morgan fingerprint density at radius 2 is 1.86 bits per heavy atom. The van der Waals surface area contributed by atoms with Crippen molar-refractivity contribution in [1.29, 1.82) is 0 Å². The molecule has 0 aliphatic carbocycles. The van der Waals surface area contributed by atoms with Crippen LogP contribution in [0.25, 0.3) is 0 Å². The van der Waals surface area contributed by atoms with Gasteiger partial charge in [0, 0.05) is 12.8 Å². The molecule has 2 heterocycles. The van der Waals surface area contributed by atoms with Gasteiger partial charge in [-0.05, 0) is 30.5 Å². The second-order valence-corrected chi connectivity index (χ2v) is 5.89. The molecule has 1 aromatic rings. The highest BCUT2D eigenvalue weighted by Gasteiger charge is 2.46. The molecule has 3 nitrogen and oxygen atoms in total. The number of halogens is 4. The van der Waals surface area contributed by atoms with Gasteiger partial charge in [0.1, 0.15) is 5.75 Å². The molecule has 2 unspecified atom stereocenters. The first-order chi connectivity index (χ1) is 10.3. The molecule has 1 N–H and O–H groups in total. The van der Waals surface area contributed by atoms with Crippen molar-refractivity contribution >= 4 is 0 Å². The minimum Gasteiger partial charge on any atom is -0.428 e. The average Bonchev–Trinajstić information content (AvgIpc) is 2.78. The zero-order valence-corrected chi connectivity index (χ0v) is 11.6. The van der Waals surface area contributed by atoms with Gasteiger partial charge in [-0.1, -0.05) is 12.1 Å². The van der Waals surface area contributed by atoms with Crippen LogP contribution in [0.3, 0.4) is 0 Å². The summed E-state index contributed by atoms with van der Waals surface area (Å²) >= 11 is 0. The number of fused-ring (bicyclic) bond motifs is 2. The number of ether oxygens (including phenoxy) is 2. The fourth-order valence-corrected chi connectivity index (χ4v) is 3.20. The van der Waals surface area contributed by atoms with Crippen molar-refractivity contribution in [2.24, 2.45) is 0 Å². The Balaban J connectivity index is 1.82. The van der Waals surface area contributed by atoms with Crippen LogP contribution in [0.2, 0.25) is 0 Å². The maximum Gasteiger partial charge on any atom is 0.461 e. The van der Waals surface area contributed by atoms with Gasteiger partial charge >= 0.3 is 12.5 Å². The van der Waals surface area contributed by atoms with Crippen molar-refractivity contribution in [1.82, 2.24) is 0 Å². The lowest BCUT2D eigenvalue weighted by Gasteiger charge is -2.37. The predicted molar refractivity (Wildman–Crippen MR) is 69.0 cm³/mol. The van der Waals surface area contributed by atoms with E-state index in [0.29, 0.717) is 18.4 Å². The van der Waals surface area contributed by atoms with Crippen LogP contribution in [0, 0.1) is 0 Å². The summed E-state index contributed by atoms with van der Waals surface area (Å²) in [6, 6.07) is 5.35. The third kappa shape index (κ3) is 2.92. The normalized spacial score (nSPS) is 31.5. The number of alkyl halides is 4. The van der Waals surface area contributed by atoms with Crippen molar-refractivity contribution < 1.29 is 32.1 Å². The smallest absolute Gasteiger partial charge is 0.428 e. The van der Waals surface area contributed by atoms with Crippen molar-refractivity contribution in [2.45, 2.75) is 56.0 Å². The Labute approximate surface area is 124 Å². The van der Waals surface area contributed by atoms with Gasteiger partial charge in [-0.15, -0.1) is 0 Å². The first-order valence-corrected chi connectivity index (χ1v) is 7.12. The maximum absolute atomic E-state index is 13.0. The summed E-state index contributed by atoms with van der Waals surface area (Å²) in [5.74, 6) is -0.393. The van der Waals surface area contributed by atoms with E-state index in [1.54, 1.807) is 6.07 Å². The van der Waals surface area contributed by atoms with E-state index < -0.39 is 23.9 Å². The molecule has 0 saturated carbocycles. The van der Waals surface area contributed by atoms with Gasteiger partial charge < -0.3 is 14.6 Å². The Kier molecular flexibility index (Phi) is 3.81. The molecule has 0 amide bonds. The van der Waals surface area contributed by atoms with Crippen LogP contribution < -0.4 is 4.74 Å². The third-order valence-electron chi connectivity index (χ3n) is 4.21. The fourth-order valence-electron chi connectivity index (χ4n) is 3.20. The van der Waals surface area contributed by atoms with E-state index in [4.69, 9.17) is 4.74 Å². The summed E-state index contributed by atoms with van der Waals surface area (Å²) < 4.78 is 60.1. The minimum absolute atomic E-state index is 0.0594. The van der Waals surface area contributed by atoms with E-state index in [9.17, 15) is 22.7 Å². The first-order valence-electron chi connectivity index (χ1n) is 7.12. The first kappa shape index (κ1) is 15.6. The summed E-state index contributed by atoms with van der Waals surface area (Å²) in [4.78, 5) is 0. The molecule has 3 rings (SSSR count). The van der Waals surface area contributed by atoms with E-state index in [2.05, 4.69) is 4.74 Å². The SMILES string of the molecule is OC1(c2cccc(OC(F)(F)C(F)F)c2)CC2CCC(C1)O2. The molecule has 22 heavy (non-hydrogen) atoms. The van der Waals surface area contributed by atoms with Crippen LogP contribution >= 0.6 is 0 Å². The van der Waals surface area contributed by atoms with E-state index in [1.165, 1.54) is 12.1 Å². The van der Waals surface area contributed by atoms with Crippen molar-refractivity contribution in [3.05, 3.63) is 29.8 Å². The monoisotopic (exact) mass is 320 g/mol. The highest BCUT2D eigenvalue weighted by molar-refractivity contribution is 5.33. The van der Waals surface area contributed by atoms with Gasteiger partial charge in [-0.3, -0.25) is 0 Å². The molecule has 2 aliphatic heterocycles. The molecule has 7 heteroatoms. The average molecular weight is 320 g/mol. The fraction of sp³-hybridized carbons (Fsp3) is 0.600. The van der Waals surface area contributed by atoms with E-state index >= 15 is 0 Å². The van der Waals surface area contributed by atoms with E-state index in [0.717, 1.165) is 18.9 Å². The Morgan fingerprint density at radius 3 is 2.45 bits per heavy atom. The van der Waals surface area contributed by atoms with Gasteiger partial charge in [0.25, 0.3) is 0 Å². The number of hydrogen-bond donors (Lipinski definition) is 1. The maximum atomic E-state index is 13.0. The largest absolute Gasteiger partial charge is 0.461 e. The lowest BCUT2D eigenvalue weighted by atomic mass is 9.83. The second kappa shape index (κ2) is 5.38. The molecule has 0 radical (unpaired) electrons. The highest BCUT2D eigenvalue weighted by atomic mass is 19.3. The van der Waals surface area contributed by atoms with Crippen LogP contribution in [0.15, 0.2) is 24.3 Å². The van der Waals surface area contributed by atoms with Crippen LogP contribution in [-0.4, -0.2) is 29.8 Å². The second-order valence-electron chi connectivity index (χ2n) is 5.89. The predicted octanol–water partition coefficient (Wildman–Crippen LogP) is 3.45. The zero-order chi connectivity index (χ0) is 16.0. The molecule has 0 aromatic heterocycles. The molecule has 2 aliphatic rings. The topological polar surface area (TPSA) is 38.7 Å². The van der Waals surface area contributed by atoms with E-state index in [-0.39, 0.29) is 12.2 Å². The highest BCUT2D eigenvalue weighted by Crippen LogP contribution is 2.44. The molecule has 2 bridgehead atoms. The van der Waals surface area contributed by atoms with E-state index in [1.807, 2.05) is 0 Å². The Morgan fingerprint density at radius 1 is 1.23 bits per heavy atom. The number of rotatable bonds is 4. The van der Waals surface area contributed by atoms with Crippen LogP contribution in [0.1, 0.15) is 31.2 Å². The number of hydrogen-bond acceptors (Lipinski definition) is 3. The van der Waals surface area contributed by atoms with Gasteiger partial charge in [0.2, 0.25) is 0 Å². The molecule has 2 fully saturated rings. The van der Waals surface area contributed by atoms with Crippen molar-refractivity contribution in [2.75, 3.05) is 0 Å².